The van der Waals surface area contributed by atoms with Crippen LogP contribution in [0, 0.1) is 0 Å². The van der Waals surface area contributed by atoms with Crippen LogP contribution in [0.5, 0.6) is 0 Å². The van der Waals surface area contributed by atoms with Crippen molar-refractivity contribution >= 4 is 5.97 Å². The second-order valence-electron chi connectivity index (χ2n) is 3.84. The molecule has 1 aliphatic carbocycles. The number of alkyl halides is 2. The van der Waals surface area contributed by atoms with Crippen molar-refractivity contribution < 1.29 is 18.3 Å². The molecule has 0 saturated heterocycles. The van der Waals surface area contributed by atoms with Crippen LogP contribution in [0.2, 0.25) is 0 Å². The number of nitrogens with one attached hydrogen (secondary N) is 1. The van der Waals surface area contributed by atoms with E-state index in [0.29, 0.717) is 6.42 Å². The summed E-state index contributed by atoms with van der Waals surface area (Å²) in [7, 11) is 1.21. The van der Waals surface area contributed by atoms with Gasteiger partial charge < -0.3 is 4.74 Å². The third-order valence-electron chi connectivity index (χ3n) is 2.74. The number of carbonyl (C=O) groups excluding carboxylic acids is 1. The lowest BCUT2D eigenvalue weighted by Gasteiger charge is -2.08. The summed E-state index contributed by atoms with van der Waals surface area (Å²) in [5, 5.41) is 9.66. The summed E-state index contributed by atoms with van der Waals surface area (Å²) in [4.78, 5) is 11.3. The van der Waals surface area contributed by atoms with Crippen molar-refractivity contribution in [2.45, 2.75) is 31.1 Å². The minimum atomic E-state index is -2.67. The molecule has 1 atom stereocenters. The van der Waals surface area contributed by atoms with Gasteiger partial charge in [-0.25, -0.2) is 13.6 Å². The second kappa shape index (κ2) is 3.80. The van der Waals surface area contributed by atoms with Gasteiger partial charge in [-0.2, -0.15) is 10.3 Å². The van der Waals surface area contributed by atoms with Gasteiger partial charge >= 0.3 is 5.97 Å². The van der Waals surface area contributed by atoms with E-state index in [2.05, 4.69) is 20.1 Å². The molecule has 0 radical (unpaired) electrons. The molecule has 88 valence electrons. The molecule has 16 heavy (non-hydrogen) atoms. The highest BCUT2D eigenvalue weighted by Gasteiger charge is 2.42. The second-order valence-corrected chi connectivity index (χ2v) is 3.84. The predicted octanol–water partition coefficient (Wildman–Crippen LogP) is 1.49. The smallest absolute Gasteiger partial charge is 0.360 e. The molecule has 1 fully saturated rings. The largest absolute Gasteiger partial charge is 0.464 e. The van der Waals surface area contributed by atoms with Crippen LogP contribution in [0.3, 0.4) is 0 Å². The molecular weight excluding hydrogens is 220 g/mol. The fourth-order valence-corrected chi connectivity index (χ4v) is 1.95. The van der Waals surface area contributed by atoms with Crippen LogP contribution in [0.1, 0.15) is 41.4 Å². The standard InChI is InChI=1S/C9H11F2N3O2/c1-16-8(15)7-6(12-14-13-7)5-2-3-9(10,11)4-5/h5H,2-4H2,1H3,(H,12,13,14). The molecule has 0 aliphatic heterocycles. The number of aromatic nitrogens is 3. The zero-order valence-corrected chi connectivity index (χ0v) is 8.67. The molecule has 1 heterocycles. The van der Waals surface area contributed by atoms with E-state index in [0.717, 1.165) is 0 Å². The molecule has 1 aromatic heterocycles. The van der Waals surface area contributed by atoms with Gasteiger partial charge in [-0.05, 0) is 6.42 Å². The lowest BCUT2D eigenvalue weighted by molar-refractivity contribution is 0.00756. The Kier molecular flexibility index (Phi) is 2.61. The van der Waals surface area contributed by atoms with E-state index in [1.165, 1.54) is 7.11 Å². The lowest BCUT2D eigenvalue weighted by atomic mass is 10.0. The fraction of sp³-hybridized carbons (Fsp3) is 0.667. The van der Waals surface area contributed by atoms with Crippen LogP contribution in [0.4, 0.5) is 8.78 Å². The monoisotopic (exact) mass is 231 g/mol. The lowest BCUT2D eigenvalue weighted by Crippen LogP contribution is -2.11. The maximum Gasteiger partial charge on any atom is 0.360 e. The SMILES string of the molecule is COC(=O)c1n[nH]nc1C1CCC(F)(F)C1. The Morgan fingerprint density at radius 1 is 1.56 bits per heavy atom. The van der Waals surface area contributed by atoms with E-state index in [9.17, 15) is 13.6 Å². The van der Waals surface area contributed by atoms with Crippen molar-refractivity contribution in [1.82, 2.24) is 15.4 Å². The summed E-state index contributed by atoms with van der Waals surface area (Å²) in [5.41, 5.74) is 0.286. The summed E-state index contributed by atoms with van der Waals surface area (Å²) < 4.78 is 30.6. The summed E-state index contributed by atoms with van der Waals surface area (Å²) in [5.74, 6) is -3.75. The summed E-state index contributed by atoms with van der Waals surface area (Å²) in [6.07, 6.45) is -0.155. The van der Waals surface area contributed by atoms with Gasteiger partial charge in [0, 0.05) is 18.8 Å². The van der Waals surface area contributed by atoms with E-state index in [-0.39, 0.29) is 24.2 Å². The first-order valence-electron chi connectivity index (χ1n) is 4.90. The number of aromatic amines is 1. The third-order valence-corrected chi connectivity index (χ3v) is 2.74. The number of carbonyl (C=O) groups is 1. The quantitative estimate of drug-likeness (QED) is 0.783. The van der Waals surface area contributed by atoms with Gasteiger partial charge in [0.05, 0.1) is 7.11 Å². The van der Waals surface area contributed by atoms with Crippen LogP contribution in [0.15, 0.2) is 0 Å². The van der Waals surface area contributed by atoms with Crippen LogP contribution in [-0.2, 0) is 4.74 Å². The Labute approximate surface area is 90.2 Å². The maximum atomic E-state index is 13.0. The number of ether oxygens (including phenoxy) is 1. The average Bonchev–Trinajstić information content (AvgIpc) is 2.82. The maximum absolute atomic E-state index is 13.0. The number of H-pyrrole nitrogens is 1. The van der Waals surface area contributed by atoms with Gasteiger partial charge in [-0.3, -0.25) is 0 Å². The predicted molar refractivity (Wildman–Crippen MR) is 49.3 cm³/mol. The zero-order valence-electron chi connectivity index (χ0n) is 8.67. The normalized spacial score (nSPS) is 23.3. The molecule has 2 rings (SSSR count). The van der Waals surface area contributed by atoms with Gasteiger partial charge in [0.15, 0.2) is 5.69 Å². The summed E-state index contributed by atoms with van der Waals surface area (Å²) in [6.45, 7) is 0. The summed E-state index contributed by atoms with van der Waals surface area (Å²) >= 11 is 0. The molecule has 1 N–H and O–H groups in total. The van der Waals surface area contributed by atoms with E-state index in [4.69, 9.17) is 0 Å². The van der Waals surface area contributed by atoms with Gasteiger partial charge in [0.1, 0.15) is 5.69 Å². The molecule has 0 bridgehead atoms. The average molecular weight is 231 g/mol. The number of hydrogen-bond donors (Lipinski definition) is 1. The van der Waals surface area contributed by atoms with Crippen LogP contribution >= 0.6 is 0 Å². The van der Waals surface area contributed by atoms with Gasteiger partial charge in [-0.1, -0.05) is 0 Å². The fourth-order valence-electron chi connectivity index (χ4n) is 1.95. The minimum Gasteiger partial charge on any atom is -0.464 e. The number of rotatable bonds is 2. The Hall–Kier alpha value is -1.53. The minimum absolute atomic E-state index is 0.00481. The first-order chi connectivity index (χ1) is 7.53. The molecular formula is C9H11F2N3O2. The van der Waals surface area contributed by atoms with Crippen molar-refractivity contribution in [3.8, 4) is 0 Å². The number of halogens is 2. The van der Waals surface area contributed by atoms with Crippen LogP contribution in [0.25, 0.3) is 0 Å². The van der Waals surface area contributed by atoms with Crippen LogP contribution < -0.4 is 0 Å². The van der Waals surface area contributed by atoms with E-state index in [1.807, 2.05) is 0 Å². The molecule has 1 aliphatic rings. The molecule has 7 heteroatoms. The van der Waals surface area contributed by atoms with Gasteiger partial charge in [0.25, 0.3) is 0 Å². The highest BCUT2D eigenvalue weighted by Crippen LogP contribution is 2.44. The van der Waals surface area contributed by atoms with Gasteiger partial charge in [-0.15, -0.1) is 5.10 Å². The van der Waals surface area contributed by atoms with E-state index < -0.39 is 17.8 Å². The molecule has 1 aromatic rings. The number of esters is 1. The first-order valence-corrected chi connectivity index (χ1v) is 4.90. The topological polar surface area (TPSA) is 67.9 Å². The van der Waals surface area contributed by atoms with Crippen molar-refractivity contribution in [3.63, 3.8) is 0 Å². The zero-order chi connectivity index (χ0) is 11.8. The van der Waals surface area contributed by atoms with Gasteiger partial charge in [0.2, 0.25) is 5.92 Å². The van der Waals surface area contributed by atoms with E-state index >= 15 is 0 Å². The Balaban J connectivity index is 2.22. The molecule has 5 nitrogen and oxygen atoms in total. The Morgan fingerprint density at radius 2 is 2.31 bits per heavy atom. The van der Waals surface area contributed by atoms with Crippen molar-refractivity contribution in [2.24, 2.45) is 0 Å². The highest BCUT2D eigenvalue weighted by molar-refractivity contribution is 5.88. The Bertz CT molecular complexity index is 405. The molecule has 1 saturated carbocycles. The van der Waals surface area contributed by atoms with Crippen molar-refractivity contribution in [3.05, 3.63) is 11.4 Å². The summed E-state index contributed by atoms with van der Waals surface area (Å²) in [6, 6.07) is 0. The van der Waals surface area contributed by atoms with Crippen molar-refractivity contribution in [1.29, 1.82) is 0 Å². The molecule has 0 spiro atoms. The first kappa shape index (κ1) is 11.0. The van der Waals surface area contributed by atoms with Crippen molar-refractivity contribution in [2.75, 3.05) is 7.11 Å². The number of nitrogens with zero attached hydrogens (tertiary/aromatic N) is 2. The number of hydrogen-bond acceptors (Lipinski definition) is 4. The molecule has 0 amide bonds. The van der Waals surface area contributed by atoms with Crippen LogP contribution in [-0.4, -0.2) is 34.4 Å². The van der Waals surface area contributed by atoms with E-state index in [1.54, 1.807) is 0 Å². The highest BCUT2D eigenvalue weighted by atomic mass is 19.3. The molecule has 0 aromatic carbocycles. The Morgan fingerprint density at radius 3 is 2.88 bits per heavy atom. The molecule has 1 unspecified atom stereocenters. The third kappa shape index (κ3) is 1.89. The number of methoxy groups -OCH3 is 1.